The van der Waals surface area contributed by atoms with Gasteiger partial charge in [-0.25, -0.2) is 14.2 Å². The minimum atomic E-state index is -0.295. The molecule has 1 atom stereocenters. The number of urea groups is 1. The molecule has 24 heavy (non-hydrogen) atoms. The number of nitrogens with zero attached hydrogens (tertiary/aromatic N) is 2. The largest absolute Gasteiger partial charge is 0.481 e. The molecule has 1 N–H and O–H groups in total. The molecule has 1 saturated heterocycles. The molecule has 1 aromatic carbocycles. The summed E-state index contributed by atoms with van der Waals surface area (Å²) in [6.07, 6.45) is 1.27. The third kappa shape index (κ3) is 3.80. The predicted molar refractivity (Wildman–Crippen MR) is 86.5 cm³/mol. The van der Waals surface area contributed by atoms with Gasteiger partial charge in [0.1, 0.15) is 11.9 Å². The lowest BCUT2D eigenvalue weighted by molar-refractivity contribution is -0.0135. The van der Waals surface area contributed by atoms with E-state index in [2.05, 4.69) is 10.3 Å². The van der Waals surface area contributed by atoms with E-state index in [9.17, 15) is 9.18 Å². The second kappa shape index (κ2) is 7.27. The number of amides is 2. The van der Waals surface area contributed by atoms with Crippen molar-refractivity contribution in [2.75, 3.05) is 32.1 Å². The zero-order valence-corrected chi connectivity index (χ0v) is 13.2. The van der Waals surface area contributed by atoms with Gasteiger partial charge in [0, 0.05) is 12.6 Å². The van der Waals surface area contributed by atoms with Gasteiger partial charge in [0.25, 0.3) is 0 Å². The molecule has 3 rings (SSSR count). The molecule has 1 unspecified atom stereocenters. The molecule has 2 amide bonds. The van der Waals surface area contributed by atoms with Crippen LogP contribution < -0.4 is 10.1 Å². The van der Waals surface area contributed by atoms with Crippen LogP contribution >= 0.6 is 0 Å². The number of morpholine rings is 1. The molecule has 0 aliphatic carbocycles. The first-order chi connectivity index (χ1) is 11.7. The van der Waals surface area contributed by atoms with Gasteiger partial charge < -0.3 is 19.7 Å². The lowest BCUT2D eigenvalue weighted by Crippen LogP contribution is -2.44. The van der Waals surface area contributed by atoms with Gasteiger partial charge in [-0.2, -0.15) is 0 Å². The van der Waals surface area contributed by atoms with Crippen LogP contribution in [0.4, 0.5) is 14.9 Å². The summed E-state index contributed by atoms with van der Waals surface area (Å²) >= 11 is 0. The molecular weight excluding hydrogens is 313 g/mol. The fourth-order valence-electron chi connectivity index (χ4n) is 2.49. The molecule has 126 valence electrons. The number of ether oxygens (including phenoxy) is 2. The van der Waals surface area contributed by atoms with Gasteiger partial charge in [0.2, 0.25) is 5.88 Å². The molecule has 0 spiro atoms. The van der Waals surface area contributed by atoms with Crippen LogP contribution in [-0.4, -0.2) is 42.7 Å². The van der Waals surface area contributed by atoms with Crippen LogP contribution in [-0.2, 0) is 4.74 Å². The fourth-order valence-corrected chi connectivity index (χ4v) is 2.49. The van der Waals surface area contributed by atoms with Crippen molar-refractivity contribution >= 4 is 11.7 Å². The molecule has 1 fully saturated rings. The quantitative estimate of drug-likeness (QED) is 0.939. The van der Waals surface area contributed by atoms with E-state index in [0.29, 0.717) is 31.3 Å². The average Bonchev–Trinajstić information content (AvgIpc) is 2.63. The summed E-state index contributed by atoms with van der Waals surface area (Å²) < 4.78 is 23.7. The smallest absolute Gasteiger partial charge is 0.322 e. The molecule has 1 aliphatic rings. The molecular formula is C17H18FN3O3. The predicted octanol–water partition coefficient (Wildman–Crippen LogP) is 2.83. The Kier molecular flexibility index (Phi) is 4.90. The Morgan fingerprint density at radius 1 is 1.33 bits per heavy atom. The lowest BCUT2D eigenvalue weighted by atomic mass is 10.1. The fraction of sp³-hybridized carbons (Fsp3) is 0.294. The van der Waals surface area contributed by atoms with Crippen LogP contribution in [0, 0.1) is 5.82 Å². The minimum absolute atomic E-state index is 0.225. The Morgan fingerprint density at radius 3 is 2.79 bits per heavy atom. The first-order valence-corrected chi connectivity index (χ1v) is 7.59. The van der Waals surface area contributed by atoms with Crippen molar-refractivity contribution in [3.05, 3.63) is 54.0 Å². The third-order valence-electron chi connectivity index (χ3n) is 3.79. The highest BCUT2D eigenvalue weighted by molar-refractivity contribution is 5.89. The number of pyridine rings is 1. The molecule has 2 aromatic rings. The number of hydrogen-bond acceptors (Lipinski definition) is 4. The van der Waals surface area contributed by atoms with E-state index in [0.717, 1.165) is 5.56 Å². The standard InChI is InChI=1S/C17H18FN3O3/c1-23-16-7-6-14(10-19-16)20-17(22)21-8-9-24-15(11-21)12-2-4-13(18)5-3-12/h2-7,10,15H,8-9,11H2,1H3,(H,20,22). The molecule has 1 aromatic heterocycles. The molecule has 0 saturated carbocycles. The average molecular weight is 331 g/mol. The van der Waals surface area contributed by atoms with E-state index in [-0.39, 0.29) is 18.0 Å². The van der Waals surface area contributed by atoms with Gasteiger partial charge >= 0.3 is 6.03 Å². The van der Waals surface area contributed by atoms with E-state index in [4.69, 9.17) is 9.47 Å². The monoisotopic (exact) mass is 331 g/mol. The van der Waals surface area contributed by atoms with Gasteiger partial charge in [-0.05, 0) is 23.8 Å². The van der Waals surface area contributed by atoms with Gasteiger partial charge in [0.15, 0.2) is 0 Å². The molecule has 7 heteroatoms. The Hall–Kier alpha value is -2.67. The SMILES string of the molecule is COc1ccc(NC(=O)N2CCOC(c3ccc(F)cc3)C2)cn1. The van der Waals surface area contributed by atoms with Gasteiger partial charge in [0.05, 0.1) is 32.1 Å². The maximum absolute atomic E-state index is 13.0. The zero-order valence-electron chi connectivity index (χ0n) is 13.2. The van der Waals surface area contributed by atoms with Crippen LogP contribution in [0.1, 0.15) is 11.7 Å². The number of rotatable bonds is 3. The maximum Gasteiger partial charge on any atom is 0.322 e. The Bertz CT molecular complexity index is 691. The first-order valence-electron chi connectivity index (χ1n) is 7.59. The van der Waals surface area contributed by atoms with Crippen LogP contribution in [0.25, 0.3) is 0 Å². The summed E-state index contributed by atoms with van der Waals surface area (Å²) in [5.74, 6) is 0.187. The summed E-state index contributed by atoms with van der Waals surface area (Å²) in [5, 5.41) is 2.80. The topological polar surface area (TPSA) is 63.7 Å². The van der Waals surface area contributed by atoms with E-state index in [1.165, 1.54) is 25.4 Å². The first kappa shape index (κ1) is 16.2. The lowest BCUT2D eigenvalue weighted by Gasteiger charge is -2.33. The maximum atomic E-state index is 13.0. The van der Waals surface area contributed by atoms with Crippen molar-refractivity contribution < 1.29 is 18.7 Å². The van der Waals surface area contributed by atoms with E-state index < -0.39 is 0 Å². The summed E-state index contributed by atoms with van der Waals surface area (Å²) in [6.45, 7) is 1.32. The van der Waals surface area contributed by atoms with Gasteiger partial charge in [-0.3, -0.25) is 0 Å². The minimum Gasteiger partial charge on any atom is -0.481 e. The number of carbonyl (C=O) groups excluding carboxylic acids is 1. The highest BCUT2D eigenvalue weighted by atomic mass is 19.1. The molecule has 1 aliphatic heterocycles. The molecule has 0 radical (unpaired) electrons. The van der Waals surface area contributed by atoms with Crippen molar-refractivity contribution in [2.45, 2.75) is 6.10 Å². The number of methoxy groups -OCH3 is 1. The Balaban J connectivity index is 1.63. The second-order valence-corrected chi connectivity index (χ2v) is 5.38. The van der Waals surface area contributed by atoms with E-state index in [1.807, 2.05) is 0 Å². The number of hydrogen-bond donors (Lipinski definition) is 1. The van der Waals surface area contributed by atoms with E-state index in [1.54, 1.807) is 29.2 Å². The second-order valence-electron chi connectivity index (χ2n) is 5.38. The number of anilines is 1. The highest BCUT2D eigenvalue weighted by Gasteiger charge is 2.25. The molecule has 6 nitrogen and oxygen atoms in total. The molecule has 2 heterocycles. The normalized spacial score (nSPS) is 17.4. The zero-order chi connectivity index (χ0) is 16.9. The Labute approximate surface area is 139 Å². The number of aromatic nitrogens is 1. The number of nitrogens with one attached hydrogen (secondary N) is 1. The van der Waals surface area contributed by atoms with Crippen LogP contribution in [0.2, 0.25) is 0 Å². The number of benzene rings is 1. The molecule has 0 bridgehead atoms. The summed E-state index contributed by atoms with van der Waals surface area (Å²) in [4.78, 5) is 18.1. The van der Waals surface area contributed by atoms with Crippen LogP contribution in [0.15, 0.2) is 42.6 Å². The van der Waals surface area contributed by atoms with Crippen molar-refractivity contribution in [1.82, 2.24) is 9.88 Å². The van der Waals surface area contributed by atoms with Crippen molar-refractivity contribution in [3.63, 3.8) is 0 Å². The summed E-state index contributed by atoms with van der Waals surface area (Å²) in [7, 11) is 1.53. The Morgan fingerprint density at radius 2 is 2.12 bits per heavy atom. The summed E-state index contributed by atoms with van der Waals surface area (Å²) in [5.41, 5.74) is 1.44. The van der Waals surface area contributed by atoms with Crippen molar-refractivity contribution in [1.29, 1.82) is 0 Å². The van der Waals surface area contributed by atoms with Crippen molar-refractivity contribution in [2.24, 2.45) is 0 Å². The van der Waals surface area contributed by atoms with E-state index >= 15 is 0 Å². The number of carbonyl (C=O) groups is 1. The van der Waals surface area contributed by atoms with Gasteiger partial charge in [-0.1, -0.05) is 12.1 Å². The van der Waals surface area contributed by atoms with Crippen LogP contribution in [0.5, 0.6) is 5.88 Å². The number of halogens is 1. The van der Waals surface area contributed by atoms with Crippen LogP contribution in [0.3, 0.4) is 0 Å². The highest BCUT2D eigenvalue weighted by Crippen LogP contribution is 2.23. The third-order valence-corrected chi connectivity index (χ3v) is 3.79. The van der Waals surface area contributed by atoms with Gasteiger partial charge in [-0.15, -0.1) is 0 Å². The van der Waals surface area contributed by atoms with Crippen molar-refractivity contribution in [3.8, 4) is 5.88 Å². The summed E-state index contributed by atoms with van der Waals surface area (Å²) in [6, 6.07) is 9.31.